The van der Waals surface area contributed by atoms with Crippen molar-refractivity contribution >= 4 is 5.96 Å². The Kier molecular flexibility index (Phi) is 7.76. The first-order valence-electron chi connectivity index (χ1n) is 8.18. The lowest BCUT2D eigenvalue weighted by molar-refractivity contribution is 0.135. The topological polar surface area (TPSA) is 76.4 Å². The summed E-state index contributed by atoms with van der Waals surface area (Å²) in [6.07, 6.45) is 3.43. The Labute approximate surface area is 143 Å². The van der Waals surface area contributed by atoms with Gasteiger partial charge in [-0.2, -0.15) is 5.10 Å². The number of benzene rings is 1. The predicted molar refractivity (Wildman–Crippen MR) is 94.8 cm³/mol. The van der Waals surface area contributed by atoms with Crippen LogP contribution < -0.4 is 10.6 Å². The summed E-state index contributed by atoms with van der Waals surface area (Å²) in [5.74, 6) is 1.62. The van der Waals surface area contributed by atoms with Crippen LogP contribution in [0.3, 0.4) is 0 Å². The van der Waals surface area contributed by atoms with E-state index >= 15 is 0 Å². The number of hydrogen-bond acceptors (Lipinski definition) is 4. The van der Waals surface area contributed by atoms with Gasteiger partial charge < -0.3 is 15.4 Å². The van der Waals surface area contributed by atoms with Gasteiger partial charge in [0, 0.05) is 27.2 Å². The van der Waals surface area contributed by atoms with E-state index in [1.807, 2.05) is 13.1 Å². The van der Waals surface area contributed by atoms with Crippen LogP contribution in [0, 0.1) is 0 Å². The quantitative estimate of drug-likeness (QED) is 0.409. The van der Waals surface area contributed by atoms with E-state index in [1.54, 1.807) is 18.1 Å². The zero-order valence-corrected chi connectivity index (χ0v) is 14.4. The van der Waals surface area contributed by atoms with Crippen molar-refractivity contribution in [3.8, 4) is 0 Å². The highest BCUT2D eigenvalue weighted by molar-refractivity contribution is 5.79. The molecule has 2 rings (SSSR count). The second-order valence-corrected chi connectivity index (χ2v) is 5.35. The van der Waals surface area contributed by atoms with Gasteiger partial charge in [-0.3, -0.25) is 9.67 Å². The van der Waals surface area contributed by atoms with Crippen LogP contribution >= 0.6 is 0 Å². The van der Waals surface area contributed by atoms with Crippen molar-refractivity contribution in [1.82, 2.24) is 25.4 Å². The minimum atomic E-state index is 0.587. The minimum Gasteiger partial charge on any atom is -0.381 e. The maximum Gasteiger partial charge on any atom is 0.191 e. The number of hydrogen-bond donors (Lipinski definition) is 2. The average Bonchev–Trinajstić information content (AvgIpc) is 3.02. The van der Waals surface area contributed by atoms with Crippen LogP contribution in [0.25, 0.3) is 0 Å². The van der Waals surface area contributed by atoms with Gasteiger partial charge in [-0.1, -0.05) is 30.3 Å². The Balaban J connectivity index is 1.52. The SMILES string of the molecule is CN=C(NCCCOCCc1ccccc1)NCc1ncnn1C. The number of guanidine groups is 1. The largest absolute Gasteiger partial charge is 0.381 e. The molecule has 130 valence electrons. The molecule has 0 aliphatic carbocycles. The van der Waals surface area contributed by atoms with Gasteiger partial charge >= 0.3 is 0 Å². The maximum atomic E-state index is 5.67. The summed E-state index contributed by atoms with van der Waals surface area (Å²) in [6, 6.07) is 10.4. The minimum absolute atomic E-state index is 0.587. The lowest BCUT2D eigenvalue weighted by atomic mass is 10.2. The molecule has 2 N–H and O–H groups in total. The molecule has 0 saturated carbocycles. The molecule has 7 heteroatoms. The van der Waals surface area contributed by atoms with Crippen LogP contribution in [0.4, 0.5) is 0 Å². The number of nitrogens with one attached hydrogen (secondary N) is 2. The smallest absolute Gasteiger partial charge is 0.191 e. The molecule has 0 radical (unpaired) electrons. The number of aliphatic imine (C=N–C) groups is 1. The second kappa shape index (κ2) is 10.4. The van der Waals surface area contributed by atoms with Crippen LogP contribution in [0.15, 0.2) is 41.7 Å². The van der Waals surface area contributed by atoms with E-state index in [4.69, 9.17) is 4.74 Å². The Morgan fingerprint density at radius 2 is 2.04 bits per heavy atom. The van der Waals surface area contributed by atoms with E-state index in [-0.39, 0.29) is 0 Å². The normalized spacial score (nSPS) is 11.5. The molecule has 0 saturated heterocycles. The monoisotopic (exact) mass is 330 g/mol. The zero-order valence-electron chi connectivity index (χ0n) is 14.4. The van der Waals surface area contributed by atoms with Gasteiger partial charge in [-0.05, 0) is 18.4 Å². The standard InChI is InChI=1S/C17H26N6O/c1-18-17(20-13-16-21-14-22-23(16)2)19-10-6-11-24-12-9-15-7-4-3-5-8-15/h3-5,7-8,14H,6,9-13H2,1-2H3,(H2,18,19,20). The zero-order chi connectivity index (χ0) is 17.0. The Morgan fingerprint density at radius 1 is 1.21 bits per heavy atom. The van der Waals surface area contributed by atoms with Crippen molar-refractivity contribution in [2.24, 2.45) is 12.0 Å². The van der Waals surface area contributed by atoms with Crippen molar-refractivity contribution in [2.45, 2.75) is 19.4 Å². The molecule has 7 nitrogen and oxygen atoms in total. The third kappa shape index (κ3) is 6.37. The van der Waals surface area contributed by atoms with Gasteiger partial charge in [0.15, 0.2) is 5.96 Å². The van der Waals surface area contributed by atoms with Gasteiger partial charge in [-0.15, -0.1) is 0 Å². The molecule has 1 aromatic carbocycles. The molecule has 0 aliphatic heterocycles. The van der Waals surface area contributed by atoms with Gasteiger partial charge in [0.2, 0.25) is 0 Å². The van der Waals surface area contributed by atoms with Crippen molar-refractivity contribution in [3.05, 3.63) is 48.0 Å². The fourth-order valence-corrected chi connectivity index (χ4v) is 2.18. The van der Waals surface area contributed by atoms with Crippen LogP contribution in [0.2, 0.25) is 0 Å². The maximum absolute atomic E-state index is 5.67. The van der Waals surface area contributed by atoms with E-state index in [2.05, 4.69) is 50.0 Å². The highest BCUT2D eigenvalue weighted by atomic mass is 16.5. The number of ether oxygens (including phenoxy) is 1. The van der Waals surface area contributed by atoms with Gasteiger partial charge in [0.05, 0.1) is 13.2 Å². The molecular formula is C17H26N6O. The molecule has 0 bridgehead atoms. The van der Waals surface area contributed by atoms with E-state index in [0.29, 0.717) is 6.54 Å². The van der Waals surface area contributed by atoms with Crippen molar-refractivity contribution in [1.29, 1.82) is 0 Å². The molecule has 0 unspecified atom stereocenters. The Morgan fingerprint density at radius 3 is 2.75 bits per heavy atom. The summed E-state index contributed by atoms with van der Waals surface area (Å²) in [7, 11) is 3.62. The average molecular weight is 330 g/mol. The number of aromatic nitrogens is 3. The van der Waals surface area contributed by atoms with Crippen LogP contribution in [-0.2, 0) is 24.8 Å². The highest BCUT2D eigenvalue weighted by Gasteiger charge is 2.02. The first-order chi connectivity index (χ1) is 11.8. The second-order valence-electron chi connectivity index (χ2n) is 5.35. The highest BCUT2D eigenvalue weighted by Crippen LogP contribution is 1.99. The van der Waals surface area contributed by atoms with Gasteiger partial charge in [0.1, 0.15) is 12.2 Å². The fourth-order valence-electron chi connectivity index (χ4n) is 2.18. The lowest BCUT2D eigenvalue weighted by Crippen LogP contribution is -2.38. The summed E-state index contributed by atoms with van der Waals surface area (Å²) in [4.78, 5) is 8.35. The van der Waals surface area contributed by atoms with Gasteiger partial charge in [-0.25, -0.2) is 4.98 Å². The third-order valence-corrected chi connectivity index (χ3v) is 3.58. The molecule has 0 spiro atoms. The van der Waals surface area contributed by atoms with Crippen LogP contribution in [-0.4, -0.2) is 47.5 Å². The molecule has 0 atom stereocenters. The summed E-state index contributed by atoms with van der Waals surface area (Å²) in [5, 5.41) is 10.5. The van der Waals surface area contributed by atoms with E-state index in [0.717, 1.165) is 44.4 Å². The first-order valence-corrected chi connectivity index (χ1v) is 8.18. The van der Waals surface area contributed by atoms with E-state index in [1.165, 1.54) is 5.56 Å². The summed E-state index contributed by atoms with van der Waals surface area (Å²) < 4.78 is 7.40. The number of aryl methyl sites for hydroxylation is 1. The Hall–Kier alpha value is -2.41. The van der Waals surface area contributed by atoms with Crippen molar-refractivity contribution in [2.75, 3.05) is 26.8 Å². The molecule has 0 fully saturated rings. The third-order valence-electron chi connectivity index (χ3n) is 3.58. The number of rotatable bonds is 9. The summed E-state index contributed by atoms with van der Waals surface area (Å²) in [6.45, 7) is 2.89. The summed E-state index contributed by atoms with van der Waals surface area (Å²) in [5.41, 5.74) is 1.31. The Bertz CT molecular complexity index is 611. The molecule has 24 heavy (non-hydrogen) atoms. The predicted octanol–water partition coefficient (Wildman–Crippen LogP) is 1.13. The molecule has 1 aromatic heterocycles. The van der Waals surface area contributed by atoms with Crippen molar-refractivity contribution < 1.29 is 4.74 Å². The number of nitrogens with zero attached hydrogens (tertiary/aromatic N) is 4. The molecule has 0 amide bonds. The van der Waals surface area contributed by atoms with Crippen LogP contribution in [0.5, 0.6) is 0 Å². The molecular weight excluding hydrogens is 304 g/mol. The fraction of sp³-hybridized carbons (Fsp3) is 0.471. The van der Waals surface area contributed by atoms with E-state index < -0.39 is 0 Å². The molecule has 1 heterocycles. The molecule has 2 aromatic rings. The van der Waals surface area contributed by atoms with Crippen LogP contribution in [0.1, 0.15) is 17.8 Å². The van der Waals surface area contributed by atoms with Gasteiger partial charge in [0.25, 0.3) is 0 Å². The first kappa shape index (κ1) is 17.9. The van der Waals surface area contributed by atoms with Crippen molar-refractivity contribution in [3.63, 3.8) is 0 Å². The van der Waals surface area contributed by atoms with E-state index in [9.17, 15) is 0 Å². The summed E-state index contributed by atoms with van der Waals surface area (Å²) >= 11 is 0. The molecule has 0 aliphatic rings. The lowest BCUT2D eigenvalue weighted by Gasteiger charge is -2.11.